The third-order valence-electron chi connectivity index (χ3n) is 3.40. The zero-order chi connectivity index (χ0) is 12.3. The van der Waals surface area contributed by atoms with Gasteiger partial charge in [-0.25, -0.2) is 4.98 Å². The quantitative estimate of drug-likeness (QED) is 0.839. The van der Waals surface area contributed by atoms with E-state index in [9.17, 15) is 4.79 Å². The van der Waals surface area contributed by atoms with E-state index in [0.717, 1.165) is 38.3 Å². The minimum atomic E-state index is -0.708. The minimum absolute atomic E-state index is 0.175. The van der Waals surface area contributed by atoms with Gasteiger partial charge in [-0.2, -0.15) is 0 Å². The van der Waals surface area contributed by atoms with Crippen molar-refractivity contribution in [3.8, 4) is 0 Å². The Morgan fingerprint density at radius 3 is 3.18 bits per heavy atom. The second-order valence-electron chi connectivity index (χ2n) is 4.49. The molecule has 0 radical (unpaired) electrons. The number of aromatic nitrogens is 2. The lowest BCUT2D eigenvalue weighted by Gasteiger charge is -2.22. The van der Waals surface area contributed by atoms with Crippen molar-refractivity contribution >= 4 is 5.97 Å². The molecule has 1 aliphatic rings. The molecule has 5 heteroatoms. The van der Waals surface area contributed by atoms with Crippen LogP contribution in [0.25, 0.3) is 0 Å². The third-order valence-corrected chi connectivity index (χ3v) is 3.40. The van der Waals surface area contributed by atoms with Gasteiger partial charge in [0.05, 0.1) is 13.0 Å². The Morgan fingerprint density at radius 1 is 1.65 bits per heavy atom. The molecule has 1 aromatic rings. The summed E-state index contributed by atoms with van der Waals surface area (Å²) in [4.78, 5) is 17.4. The van der Waals surface area contributed by atoms with Crippen LogP contribution in [0, 0.1) is 0 Å². The van der Waals surface area contributed by atoms with E-state index in [-0.39, 0.29) is 12.5 Å². The summed E-state index contributed by atoms with van der Waals surface area (Å²) in [5.41, 5.74) is 0. The molecular formula is C12H19N3O2. The predicted molar refractivity (Wildman–Crippen MR) is 63.6 cm³/mol. The first-order valence-electron chi connectivity index (χ1n) is 6.16. The van der Waals surface area contributed by atoms with Crippen LogP contribution < -0.4 is 0 Å². The number of aliphatic carboxylic acids is 1. The van der Waals surface area contributed by atoms with Crippen LogP contribution in [0.15, 0.2) is 12.4 Å². The number of carboxylic acids is 1. The molecule has 1 unspecified atom stereocenters. The molecule has 2 heterocycles. The van der Waals surface area contributed by atoms with Crippen molar-refractivity contribution < 1.29 is 9.90 Å². The summed E-state index contributed by atoms with van der Waals surface area (Å²) in [7, 11) is 0. The summed E-state index contributed by atoms with van der Waals surface area (Å²) in [6, 6.07) is 0.175. The van der Waals surface area contributed by atoms with E-state index >= 15 is 0 Å². The van der Waals surface area contributed by atoms with Gasteiger partial charge in [-0.3, -0.25) is 9.69 Å². The van der Waals surface area contributed by atoms with Crippen LogP contribution in [-0.4, -0.2) is 38.1 Å². The second kappa shape index (κ2) is 5.31. The summed E-state index contributed by atoms with van der Waals surface area (Å²) >= 11 is 0. The van der Waals surface area contributed by atoms with Gasteiger partial charge in [-0.15, -0.1) is 0 Å². The standard InChI is InChI=1S/C12H19N3O2/c1-2-14-7-5-13-11(14)9-15-6-3-4-10(15)8-12(16)17/h5,7,10H,2-4,6,8-9H2,1H3,(H,16,17). The van der Waals surface area contributed by atoms with Gasteiger partial charge < -0.3 is 9.67 Å². The molecule has 1 aromatic heterocycles. The average Bonchev–Trinajstić information content (AvgIpc) is 2.88. The normalized spacial score (nSPS) is 20.9. The number of likely N-dealkylation sites (tertiary alicyclic amines) is 1. The van der Waals surface area contributed by atoms with E-state index in [0.29, 0.717) is 0 Å². The lowest BCUT2D eigenvalue weighted by atomic mass is 10.1. The predicted octanol–water partition coefficient (Wildman–Crippen LogP) is 1.34. The van der Waals surface area contributed by atoms with Crippen LogP contribution in [-0.2, 0) is 17.9 Å². The first kappa shape index (κ1) is 12.1. The van der Waals surface area contributed by atoms with Crippen LogP contribution >= 0.6 is 0 Å². The van der Waals surface area contributed by atoms with Crippen molar-refractivity contribution in [2.75, 3.05) is 6.54 Å². The Kier molecular flexibility index (Phi) is 3.78. The Morgan fingerprint density at radius 2 is 2.47 bits per heavy atom. The largest absolute Gasteiger partial charge is 0.481 e. The van der Waals surface area contributed by atoms with Gasteiger partial charge in [-0.1, -0.05) is 0 Å². The summed E-state index contributed by atoms with van der Waals surface area (Å²) in [5, 5.41) is 8.87. The monoisotopic (exact) mass is 237 g/mol. The van der Waals surface area contributed by atoms with Gasteiger partial charge >= 0.3 is 5.97 Å². The Bertz CT molecular complexity index is 389. The van der Waals surface area contributed by atoms with E-state index in [4.69, 9.17) is 5.11 Å². The second-order valence-corrected chi connectivity index (χ2v) is 4.49. The van der Waals surface area contributed by atoms with E-state index < -0.39 is 5.97 Å². The number of carboxylic acid groups (broad SMARTS) is 1. The number of imidazole rings is 1. The molecule has 1 aliphatic heterocycles. The summed E-state index contributed by atoms with van der Waals surface area (Å²) < 4.78 is 2.11. The highest BCUT2D eigenvalue weighted by atomic mass is 16.4. The Hall–Kier alpha value is -1.36. The molecule has 0 saturated carbocycles. The van der Waals surface area contributed by atoms with Gasteiger partial charge in [0.15, 0.2) is 0 Å². The third kappa shape index (κ3) is 2.85. The van der Waals surface area contributed by atoms with E-state index in [1.807, 2.05) is 6.20 Å². The molecule has 1 fully saturated rings. The van der Waals surface area contributed by atoms with E-state index in [1.165, 1.54) is 0 Å². The molecule has 94 valence electrons. The molecule has 0 amide bonds. The molecule has 17 heavy (non-hydrogen) atoms. The maximum atomic E-state index is 10.8. The number of hydrogen-bond donors (Lipinski definition) is 1. The highest BCUT2D eigenvalue weighted by Crippen LogP contribution is 2.22. The van der Waals surface area contributed by atoms with Gasteiger partial charge in [0.1, 0.15) is 5.82 Å². The van der Waals surface area contributed by atoms with E-state index in [2.05, 4.69) is 21.4 Å². The van der Waals surface area contributed by atoms with Crippen LogP contribution in [0.5, 0.6) is 0 Å². The van der Waals surface area contributed by atoms with Crippen LogP contribution in [0.3, 0.4) is 0 Å². The minimum Gasteiger partial charge on any atom is -0.481 e. The molecule has 1 N–H and O–H groups in total. The maximum Gasteiger partial charge on any atom is 0.304 e. The number of carbonyl (C=O) groups is 1. The molecule has 0 aliphatic carbocycles. The van der Waals surface area contributed by atoms with Crippen molar-refractivity contribution in [2.45, 2.75) is 45.3 Å². The fourth-order valence-electron chi connectivity index (χ4n) is 2.50. The van der Waals surface area contributed by atoms with Crippen molar-refractivity contribution in [3.63, 3.8) is 0 Å². The Balaban J connectivity index is 2.00. The average molecular weight is 237 g/mol. The Labute approximate surface area is 101 Å². The molecule has 1 atom stereocenters. The summed E-state index contributed by atoms with van der Waals surface area (Å²) in [5.74, 6) is 0.325. The molecule has 0 aromatic carbocycles. The zero-order valence-electron chi connectivity index (χ0n) is 10.2. The van der Waals surface area contributed by atoms with Gasteiger partial charge in [0.2, 0.25) is 0 Å². The van der Waals surface area contributed by atoms with Crippen molar-refractivity contribution in [3.05, 3.63) is 18.2 Å². The highest BCUT2D eigenvalue weighted by Gasteiger charge is 2.27. The lowest BCUT2D eigenvalue weighted by molar-refractivity contribution is -0.138. The molecule has 2 rings (SSSR count). The van der Waals surface area contributed by atoms with Gasteiger partial charge in [0, 0.05) is 25.0 Å². The van der Waals surface area contributed by atoms with Crippen molar-refractivity contribution in [1.82, 2.24) is 14.5 Å². The van der Waals surface area contributed by atoms with Crippen LogP contribution in [0.1, 0.15) is 32.0 Å². The topological polar surface area (TPSA) is 58.4 Å². The number of hydrogen-bond acceptors (Lipinski definition) is 3. The molecular weight excluding hydrogens is 218 g/mol. The fraction of sp³-hybridized carbons (Fsp3) is 0.667. The van der Waals surface area contributed by atoms with Crippen molar-refractivity contribution in [2.24, 2.45) is 0 Å². The molecule has 0 bridgehead atoms. The number of aryl methyl sites for hydroxylation is 1. The maximum absolute atomic E-state index is 10.8. The first-order valence-corrected chi connectivity index (χ1v) is 6.16. The highest BCUT2D eigenvalue weighted by molar-refractivity contribution is 5.67. The first-order chi connectivity index (χ1) is 8.20. The number of nitrogens with zero attached hydrogens (tertiary/aromatic N) is 3. The van der Waals surface area contributed by atoms with Gasteiger partial charge in [-0.05, 0) is 26.3 Å². The lowest BCUT2D eigenvalue weighted by Crippen LogP contribution is -2.31. The van der Waals surface area contributed by atoms with Crippen LogP contribution in [0.4, 0.5) is 0 Å². The summed E-state index contributed by atoms with van der Waals surface area (Å²) in [6.07, 6.45) is 6.09. The van der Waals surface area contributed by atoms with Crippen molar-refractivity contribution in [1.29, 1.82) is 0 Å². The molecule has 5 nitrogen and oxygen atoms in total. The van der Waals surface area contributed by atoms with Crippen LogP contribution in [0.2, 0.25) is 0 Å². The smallest absolute Gasteiger partial charge is 0.304 e. The van der Waals surface area contributed by atoms with E-state index in [1.54, 1.807) is 6.20 Å². The molecule has 0 spiro atoms. The zero-order valence-corrected chi connectivity index (χ0v) is 10.2. The van der Waals surface area contributed by atoms with Gasteiger partial charge in [0.25, 0.3) is 0 Å². The molecule has 1 saturated heterocycles. The fourth-order valence-corrected chi connectivity index (χ4v) is 2.50. The SMILES string of the molecule is CCn1ccnc1CN1CCCC1CC(=O)O. The number of rotatable bonds is 5. The summed E-state index contributed by atoms with van der Waals surface area (Å²) in [6.45, 7) is 4.74.